The van der Waals surface area contributed by atoms with Crippen LogP contribution < -0.4 is 0 Å². The van der Waals surface area contributed by atoms with E-state index in [9.17, 15) is 9.59 Å². The number of ketones is 1. The summed E-state index contributed by atoms with van der Waals surface area (Å²) < 4.78 is 0. The molecule has 0 aliphatic heterocycles. The number of carboxylic acid groups (broad SMARTS) is 1. The van der Waals surface area contributed by atoms with E-state index in [0.717, 1.165) is 43.4 Å². The van der Waals surface area contributed by atoms with Crippen molar-refractivity contribution in [2.45, 2.75) is 91.9 Å². The van der Waals surface area contributed by atoms with E-state index < -0.39 is 5.97 Å². The van der Waals surface area contributed by atoms with E-state index in [-0.39, 0.29) is 11.3 Å². The standard InChI is InChI=1S/C27H42O3/c1-17(7-5-8-18(2)25(29)30)21-13-14-22-20-12-11-19-9-6-10-24(28)27(19,4)23(20)15-16-26(21,22)3/h6,10,17-23H,5,7-9,11-16H2,1-4H3,(H,29,30)/t17-,18?,19?,20+,21-,22+,23+,26-,27+/m1/s1. The number of carbonyl (C=O) groups is 2. The molecule has 2 unspecified atom stereocenters. The zero-order valence-corrected chi connectivity index (χ0v) is 19.5. The number of rotatable bonds is 6. The van der Waals surface area contributed by atoms with Crippen molar-refractivity contribution in [3.05, 3.63) is 12.2 Å². The maximum Gasteiger partial charge on any atom is 0.306 e. The van der Waals surface area contributed by atoms with Gasteiger partial charge in [-0.05, 0) is 98.4 Å². The summed E-state index contributed by atoms with van der Waals surface area (Å²) in [6.07, 6.45) is 15.8. The Balaban J connectivity index is 1.45. The van der Waals surface area contributed by atoms with Crippen LogP contribution in [0.5, 0.6) is 0 Å². The van der Waals surface area contributed by atoms with Crippen LogP contribution in [0, 0.1) is 52.3 Å². The van der Waals surface area contributed by atoms with Gasteiger partial charge in [0, 0.05) is 5.41 Å². The lowest BCUT2D eigenvalue weighted by Crippen LogP contribution is -2.55. The Morgan fingerprint density at radius 2 is 1.87 bits per heavy atom. The molecular weight excluding hydrogens is 372 g/mol. The van der Waals surface area contributed by atoms with Crippen molar-refractivity contribution in [3.8, 4) is 0 Å². The maximum atomic E-state index is 13.0. The molecule has 4 aliphatic rings. The molecule has 3 heteroatoms. The predicted molar refractivity (Wildman–Crippen MR) is 120 cm³/mol. The van der Waals surface area contributed by atoms with Crippen molar-refractivity contribution in [2.24, 2.45) is 52.3 Å². The fourth-order valence-electron chi connectivity index (χ4n) is 8.74. The molecule has 0 heterocycles. The molecule has 30 heavy (non-hydrogen) atoms. The molecule has 0 saturated heterocycles. The molecule has 1 N–H and O–H groups in total. The Morgan fingerprint density at radius 1 is 1.10 bits per heavy atom. The van der Waals surface area contributed by atoms with Gasteiger partial charge in [-0.3, -0.25) is 9.59 Å². The van der Waals surface area contributed by atoms with E-state index in [2.05, 4.69) is 26.8 Å². The van der Waals surface area contributed by atoms with Gasteiger partial charge >= 0.3 is 5.97 Å². The fraction of sp³-hybridized carbons (Fsp3) is 0.852. The van der Waals surface area contributed by atoms with Crippen LogP contribution in [-0.2, 0) is 9.59 Å². The molecular formula is C27H42O3. The first-order valence-electron chi connectivity index (χ1n) is 12.6. The molecule has 4 rings (SSSR count). The minimum absolute atomic E-state index is 0.115. The molecule has 0 aromatic rings. The monoisotopic (exact) mass is 414 g/mol. The van der Waals surface area contributed by atoms with Crippen LogP contribution in [0.2, 0.25) is 0 Å². The molecule has 9 atom stereocenters. The quantitative estimate of drug-likeness (QED) is 0.538. The van der Waals surface area contributed by atoms with Crippen molar-refractivity contribution < 1.29 is 14.7 Å². The average Bonchev–Trinajstić information content (AvgIpc) is 3.06. The van der Waals surface area contributed by atoms with E-state index in [4.69, 9.17) is 5.11 Å². The van der Waals surface area contributed by atoms with E-state index in [1.54, 1.807) is 0 Å². The van der Waals surface area contributed by atoms with Crippen molar-refractivity contribution in [3.63, 3.8) is 0 Å². The van der Waals surface area contributed by atoms with Crippen LogP contribution in [0.3, 0.4) is 0 Å². The highest BCUT2D eigenvalue weighted by Gasteiger charge is 2.61. The second kappa shape index (κ2) is 8.10. The molecule has 0 bridgehead atoms. The van der Waals surface area contributed by atoms with Crippen LogP contribution in [0.25, 0.3) is 0 Å². The first-order chi connectivity index (χ1) is 14.2. The Kier molecular flexibility index (Phi) is 5.96. The van der Waals surface area contributed by atoms with Crippen LogP contribution >= 0.6 is 0 Å². The van der Waals surface area contributed by atoms with Crippen molar-refractivity contribution in [1.82, 2.24) is 0 Å². The first kappa shape index (κ1) is 22.1. The van der Waals surface area contributed by atoms with Gasteiger partial charge in [-0.2, -0.15) is 0 Å². The number of fused-ring (bicyclic) bond motifs is 5. The SMILES string of the molecule is CC(CCC[C@@H](C)[C@H]1CC[C@H]2[C@@H]3CCC4CC=CC(=O)[C@]4(C)[C@H]3CC[C@]12C)C(=O)O. The smallest absolute Gasteiger partial charge is 0.306 e. The van der Waals surface area contributed by atoms with Gasteiger partial charge in [0.1, 0.15) is 0 Å². The van der Waals surface area contributed by atoms with Gasteiger partial charge in [-0.1, -0.05) is 46.6 Å². The van der Waals surface area contributed by atoms with E-state index >= 15 is 0 Å². The summed E-state index contributed by atoms with van der Waals surface area (Å²) in [6.45, 7) is 9.13. The average molecular weight is 415 g/mol. The molecule has 0 radical (unpaired) electrons. The highest BCUT2D eigenvalue weighted by Crippen LogP contribution is 2.67. The lowest BCUT2D eigenvalue weighted by molar-refractivity contribution is -0.147. The van der Waals surface area contributed by atoms with Crippen molar-refractivity contribution >= 4 is 11.8 Å². The number of hydrogen-bond donors (Lipinski definition) is 1. The van der Waals surface area contributed by atoms with Crippen molar-refractivity contribution in [2.75, 3.05) is 0 Å². The summed E-state index contributed by atoms with van der Waals surface area (Å²) >= 11 is 0. The number of carbonyl (C=O) groups excluding carboxylic acids is 1. The van der Waals surface area contributed by atoms with Gasteiger partial charge in [0.25, 0.3) is 0 Å². The second-order valence-electron chi connectivity index (χ2n) is 11.8. The largest absolute Gasteiger partial charge is 0.481 e. The molecule has 3 nitrogen and oxygen atoms in total. The summed E-state index contributed by atoms with van der Waals surface area (Å²) in [5, 5.41) is 9.16. The van der Waals surface area contributed by atoms with Crippen LogP contribution in [0.4, 0.5) is 0 Å². The zero-order valence-electron chi connectivity index (χ0n) is 19.5. The molecule has 4 aliphatic carbocycles. The molecule has 0 amide bonds. The second-order valence-corrected chi connectivity index (χ2v) is 11.8. The number of hydrogen-bond acceptors (Lipinski definition) is 2. The topological polar surface area (TPSA) is 54.4 Å². The zero-order chi connectivity index (χ0) is 21.7. The summed E-state index contributed by atoms with van der Waals surface area (Å²) in [6, 6.07) is 0. The van der Waals surface area contributed by atoms with E-state index in [1.807, 2.05) is 13.0 Å². The van der Waals surface area contributed by atoms with Gasteiger partial charge in [0.2, 0.25) is 0 Å². The molecule has 168 valence electrons. The lowest BCUT2D eigenvalue weighted by Gasteiger charge is -2.59. The van der Waals surface area contributed by atoms with Gasteiger partial charge in [0.15, 0.2) is 5.78 Å². The summed E-state index contributed by atoms with van der Waals surface area (Å²) in [5.74, 6) is 3.60. The molecule has 0 spiro atoms. The summed E-state index contributed by atoms with van der Waals surface area (Å²) in [4.78, 5) is 24.2. The Hall–Kier alpha value is -1.12. The summed E-state index contributed by atoms with van der Waals surface area (Å²) in [7, 11) is 0. The van der Waals surface area contributed by atoms with Gasteiger partial charge in [0.05, 0.1) is 5.92 Å². The van der Waals surface area contributed by atoms with E-state index in [0.29, 0.717) is 29.0 Å². The lowest BCUT2D eigenvalue weighted by atomic mass is 9.45. The minimum Gasteiger partial charge on any atom is -0.481 e. The maximum absolute atomic E-state index is 13.0. The first-order valence-corrected chi connectivity index (χ1v) is 12.6. The predicted octanol–water partition coefficient (Wildman–Crippen LogP) is 6.52. The van der Waals surface area contributed by atoms with Crippen LogP contribution in [0.1, 0.15) is 91.9 Å². The minimum atomic E-state index is -0.662. The molecule has 3 saturated carbocycles. The molecule has 0 aromatic carbocycles. The van der Waals surface area contributed by atoms with Gasteiger partial charge < -0.3 is 5.11 Å². The fourth-order valence-corrected chi connectivity index (χ4v) is 8.74. The van der Waals surface area contributed by atoms with Crippen LogP contribution in [0.15, 0.2) is 12.2 Å². The number of allylic oxidation sites excluding steroid dienone is 2. The highest BCUT2D eigenvalue weighted by atomic mass is 16.4. The number of carboxylic acids is 1. The van der Waals surface area contributed by atoms with Gasteiger partial charge in [-0.25, -0.2) is 0 Å². The third-order valence-electron chi connectivity index (χ3n) is 10.6. The van der Waals surface area contributed by atoms with Gasteiger partial charge in [-0.15, -0.1) is 0 Å². The Labute approximate surface area is 183 Å². The highest BCUT2D eigenvalue weighted by molar-refractivity contribution is 5.96. The Bertz CT molecular complexity index is 711. The summed E-state index contributed by atoms with van der Waals surface area (Å²) in [5.41, 5.74) is 0.297. The van der Waals surface area contributed by atoms with Crippen LogP contribution in [-0.4, -0.2) is 16.9 Å². The number of aliphatic carboxylic acids is 1. The normalized spacial score (nSPS) is 44.7. The van der Waals surface area contributed by atoms with E-state index in [1.165, 1.54) is 38.5 Å². The Morgan fingerprint density at radius 3 is 2.60 bits per heavy atom. The third kappa shape index (κ3) is 3.39. The third-order valence-corrected chi connectivity index (χ3v) is 10.6. The van der Waals surface area contributed by atoms with Crippen molar-refractivity contribution in [1.29, 1.82) is 0 Å². The molecule has 0 aromatic heterocycles. The molecule has 3 fully saturated rings.